The minimum atomic E-state index is -0.397. The Balaban J connectivity index is 2.19. The number of rotatable bonds is 4. The van der Waals surface area contributed by atoms with Crippen molar-refractivity contribution in [1.29, 1.82) is 0 Å². The van der Waals surface area contributed by atoms with Gasteiger partial charge in [0.2, 0.25) is 0 Å². The van der Waals surface area contributed by atoms with Gasteiger partial charge in [-0.05, 0) is 29.8 Å². The van der Waals surface area contributed by atoms with E-state index in [1.807, 2.05) is 12.1 Å². The van der Waals surface area contributed by atoms with Crippen molar-refractivity contribution < 1.29 is 9.18 Å². The van der Waals surface area contributed by atoms with E-state index in [-0.39, 0.29) is 0 Å². The van der Waals surface area contributed by atoms with E-state index in [0.717, 1.165) is 5.56 Å². The monoisotopic (exact) mass is 244 g/mol. The number of aldehydes is 1. The van der Waals surface area contributed by atoms with Crippen LogP contribution in [0.4, 0.5) is 10.1 Å². The molecule has 0 radical (unpaired) electrons. The molecule has 1 aromatic carbocycles. The van der Waals surface area contributed by atoms with E-state index in [2.05, 4.69) is 4.98 Å². The summed E-state index contributed by atoms with van der Waals surface area (Å²) in [5.74, 6) is -0.397. The Labute approximate surface area is 105 Å². The molecule has 0 fully saturated rings. The third-order valence-electron chi connectivity index (χ3n) is 2.66. The second-order valence-corrected chi connectivity index (χ2v) is 4.05. The van der Waals surface area contributed by atoms with Gasteiger partial charge in [-0.2, -0.15) is 0 Å². The molecule has 0 aliphatic rings. The Morgan fingerprint density at radius 2 is 2.22 bits per heavy atom. The fraction of sp³-hybridized carbons (Fsp3) is 0.143. The summed E-state index contributed by atoms with van der Waals surface area (Å²) in [6, 6.07) is 8.22. The average molecular weight is 244 g/mol. The Morgan fingerprint density at radius 1 is 1.39 bits per heavy atom. The molecule has 0 spiro atoms. The van der Waals surface area contributed by atoms with Crippen LogP contribution in [-0.2, 0) is 6.54 Å². The first-order valence-corrected chi connectivity index (χ1v) is 5.55. The molecule has 4 heteroatoms. The van der Waals surface area contributed by atoms with E-state index in [4.69, 9.17) is 0 Å². The predicted molar refractivity (Wildman–Crippen MR) is 68.1 cm³/mol. The Hall–Kier alpha value is -2.23. The number of carbonyl (C=O) groups excluding carboxylic acids is 1. The maximum Gasteiger partial charge on any atom is 0.150 e. The lowest BCUT2D eigenvalue weighted by Gasteiger charge is -2.19. The van der Waals surface area contributed by atoms with Crippen LogP contribution in [0.1, 0.15) is 15.9 Å². The van der Waals surface area contributed by atoms with Crippen LogP contribution in [0.15, 0.2) is 42.7 Å². The van der Waals surface area contributed by atoms with E-state index in [0.29, 0.717) is 24.1 Å². The average Bonchev–Trinajstić information content (AvgIpc) is 2.39. The molecule has 92 valence electrons. The highest BCUT2D eigenvalue weighted by Gasteiger charge is 2.08. The van der Waals surface area contributed by atoms with Gasteiger partial charge in [-0.3, -0.25) is 9.78 Å². The highest BCUT2D eigenvalue weighted by Crippen LogP contribution is 2.20. The summed E-state index contributed by atoms with van der Waals surface area (Å²) in [4.78, 5) is 16.3. The lowest BCUT2D eigenvalue weighted by Crippen LogP contribution is -2.17. The molecule has 1 heterocycles. The summed E-state index contributed by atoms with van der Waals surface area (Å²) in [7, 11) is 1.80. The van der Waals surface area contributed by atoms with Crippen LogP contribution in [0.3, 0.4) is 0 Å². The molecule has 0 saturated heterocycles. The van der Waals surface area contributed by atoms with Crippen molar-refractivity contribution >= 4 is 12.0 Å². The highest BCUT2D eigenvalue weighted by molar-refractivity contribution is 5.75. The normalized spacial score (nSPS) is 10.1. The highest BCUT2D eigenvalue weighted by atomic mass is 19.1. The van der Waals surface area contributed by atoms with Gasteiger partial charge in [0, 0.05) is 31.5 Å². The Bertz CT molecular complexity index is 543. The van der Waals surface area contributed by atoms with Gasteiger partial charge in [0.1, 0.15) is 12.1 Å². The minimum absolute atomic E-state index is 0.339. The van der Waals surface area contributed by atoms with Crippen molar-refractivity contribution in [2.45, 2.75) is 6.54 Å². The zero-order valence-electron chi connectivity index (χ0n) is 10.0. The number of hydrogen-bond acceptors (Lipinski definition) is 3. The van der Waals surface area contributed by atoms with E-state index >= 15 is 0 Å². The van der Waals surface area contributed by atoms with Gasteiger partial charge in [0.05, 0.1) is 5.69 Å². The summed E-state index contributed by atoms with van der Waals surface area (Å²) >= 11 is 0. The van der Waals surface area contributed by atoms with E-state index in [1.54, 1.807) is 36.5 Å². The zero-order chi connectivity index (χ0) is 13.0. The first-order valence-electron chi connectivity index (χ1n) is 5.55. The van der Waals surface area contributed by atoms with Gasteiger partial charge in [0.25, 0.3) is 0 Å². The van der Waals surface area contributed by atoms with Crippen LogP contribution >= 0.6 is 0 Å². The maximum atomic E-state index is 13.8. The molecule has 0 N–H and O–H groups in total. The topological polar surface area (TPSA) is 33.2 Å². The lowest BCUT2D eigenvalue weighted by molar-refractivity contribution is 0.112. The van der Waals surface area contributed by atoms with Gasteiger partial charge in [-0.1, -0.05) is 6.07 Å². The van der Waals surface area contributed by atoms with Crippen molar-refractivity contribution in [3.63, 3.8) is 0 Å². The van der Waals surface area contributed by atoms with Gasteiger partial charge in [-0.25, -0.2) is 4.39 Å². The van der Waals surface area contributed by atoms with Crippen LogP contribution in [-0.4, -0.2) is 18.3 Å². The lowest BCUT2D eigenvalue weighted by atomic mass is 10.2. The third kappa shape index (κ3) is 2.71. The molecule has 3 nitrogen and oxygen atoms in total. The maximum absolute atomic E-state index is 13.8. The second-order valence-electron chi connectivity index (χ2n) is 4.05. The minimum Gasteiger partial charge on any atom is -0.368 e. The fourth-order valence-corrected chi connectivity index (χ4v) is 1.76. The first kappa shape index (κ1) is 12.2. The van der Waals surface area contributed by atoms with Gasteiger partial charge >= 0.3 is 0 Å². The molecular formula is C14H13FN2O. The number of nitrogens with zero attached hydrogens (tertiary/aromatic N) is 2. The largest absolute Gasteiger partial charge is 0.368 e. The van der Waals surface area contributed by atoms with Gasteiger partial charge in [0.15, 0.2) is 0 Å². The molecular weight excluding hydrogens is 231 g/mol. The van der Waals surface area contributed by atoms with Crippen LogP contribution in [0.2, 0.25) is 0 Å². The SMILES string of the molecule is CN(Cc1cccnc1)c1ccc(C=O)cc1F. The van der Waals surface area contributed by atoms with Crippen LogP contribution in [0.25, 0.3) is 0 Å². The van der Waals surface area contributed by atoms with Crippen molar-refractivity contribution in [1.82, 2.24) is 4.98 Å². The number of halogens is 1. The molecule has 2 rings (SSSR count). The molecule has 0 aliphatic heterocycles. The van der Waals surface area contributed by atoms with Crippen LogP contribution in [0.5, 0.6) is 0 Å². The molecule has 0 unspecified atom stereocenters. The molecule has 18 heavy (non-hydrogen) atoms. The molecule has 1 aromatic heterocycles. The molecule has 0 aliphatic carbocycles. The molecule has 0 bridgehead atoms. The van der Waals surface area contributed by atoms with Gasteiger partial charge < -0.3 is 4.90 Å². The number of pyridine rings is 1. The van der Waals surface area contributed by atoms with E-state index in [9.17, 15) is 9.18 Å². The van der Waals surface area contributed by atoms with Crippen LogP contribution in [0, 0.1) is 5.82 Å². The van der Waals surface area contributed by atoms with E-state index in [1.165, 1.54) is 6.07 Å². The number of carbonyl (C=O) groups is 1. The van der Waals surface area contributed by atoms with Crippen molar-refractivity contribution in [3.8, 4) is 0 Å². The number of anilines is 1. The van der Waals surface area contributed by atoms with Gasteiger partial charge in [-0.15, -0.1) is 0 Å². The Kier molecular flexibility index (Phi) is 3.67. The predicted octanol–water partition coefficient (Wildman–Crippen LogP) is 2.67. The molecule has 0 amide bonds. The third-order valence-corrected chi connectivity index (χ3v) is 2.66. The molecule has 0 saturated carbocycles. The summed E-state index contributed by atoms with van der Waals surface area (Å²) < 4.78 is 13.8. The molecule has 2 aromatic rings. The molecule has 0 atom stereocenters. The fourth-order valence-electron chi connectivity index (χ4n) is 1.76. The second kappa shape index (κ2) is 5.40. The number of benzene rings is 1. The van der Waals surface area contributed by atoms with Crippen LogP contribution < -0.4 is 4.90 Å². The smallest absolute Gasteiger partial charge is 0.150 e. The Morgan fingerprint density at radius 3 is 2.83 bits per heavy atom. The number of aromatic nitrogens is 1. The van der Waals surface area contributed by atoms with Crippen molar-refractivity contribution in [3.05, 3.63) is 59.7 Å². The summed E-state index contributed by atoms with van der Waals surface area (Å²) in [5.41, 5.74) is 1.80. The zero-order valence-corrected chi connectivity index (χ0v) is 10.0. The van der Waals surface area contributed by atoms with Crippen molar-refractivity contribution in [2.24, 2.45) is 0 Å². The summed E-state index contributed by atoms with van der Waals surface area (Å²) in [6.45, 7) is 0.561. The quantitative estimate of drug-likeness (QED) is 0.775. The summed E-state index contributed by atoms with van der Waals surface area (Å²) in [6.07, 6.45) is 4.07. The number of hydrogen-bond donors (Lipinski definition) is 0. The standard InChI is InChI=1S/C14H13FN2O/c1-17(9-12-3-2-6-16-8-12)14-5-4-11(10-18)7-13(14)15/h2-8,10H,9H2,1H3. The first-order chi connectivity index (χ1) is 8.70. The van der Waals surface area contributed by atoms with E-state index < -0.39 is 5.82 Å². The van der Waals surface area contributed by atoms with Crippen molar-refractivity contribution in [2.75, 3.05) is 11.9 Å². The summed E-state index contributed by atoms with van der Waals surface area (Å²) in [5, 5.41) is 0.